The normalized spacial score (nSPS) is 19.1. The van der Waals surface area contributed by atoms with Gasteiger partial charge in [0.15, 0.2) is 16.6 Å². The highest BCUT2D eigenvalue weighted by molar-refractivity contribution is 6.94. The van der Waals surface area contributed by atoms with Gasteiger partial charge in [0.2, 0.25) is 8.32 Å². The van der Waals surface area contributed by atoms with E-state index in [0.29, 0.717) is 0 Å². The zero-order valence-corrected chi connectivity index (χ0v) is 18.5. The summed E-state index contributed by atoms with van der Waals surface area (Å²) < 4.78 is 19.4. The lowest BCUT2D eigenvalue weighted by atomic mass is 10.6. The van der Waals surface area contributed by atoms with Gasteiger partial charge < -0.3 is 12.7 Å². The van der Waals surface area contributed by atoms with Crippen molar-refractivity contribution < 1.29 is 12.7 Å². The van der Waals surface area contributed by atoms with Gasteiger partial charge in [0.1, 0.15) is 5.38 Å². The van der Waals surface area contributed by atoms with E-state index < -0.39 is 33.5 Å². The van der Waals surface area contributed by atoms with Crippen LogP contribution in [0.1, 0.15) is 0 Å². The molecule has 0 amide bonds. The summed E-state index contributed by atoms with van der Waals surface area (Å²) in [6.45, 7) is 19.9. The fraction of sp³-hybridized carbons (Fsp3) is 0.692. The molecule has 0 fully saturated rings. The summed E-state index contributed by atoms with van der Waals surface area (Å²) in [5.41, 5.74) is 2.15. The molecule has 0 aromatic heterocycles. The second-order valence-electron chi connectivity index (χ2n) is 8.20. The van der Waals surface area contributed by atoms with Gasteiger partial charge in [-0.1, -0.05) is 6.08 Å². The second-order valence-corrected chi connectivity index (χ2v) is 24.9. The van der Waals surface area contributed by atoms with E-state index in [9.17, 15) is 0 Å². The topological polar surface area (TPSA) is 27.7 Å². The zero-order valence-electron chi connectivity index (χ0n) is 14.5. The van der Waals surface area contributed by atoms with Gasteiger partial charge in [-0.2, -0.15) is 0 Å². The lowest BCUT2D eigenvalue weighted by molar-refractivity contribution is 0.351. The van der Waals surface area contributed by atoms with Crippen molar-refractivity contribution in [2.45, 2.75) is 58.9 Å². The van der Waals surface area contributed by atoms with Gasteiger partial charge in [0.05, 0.1) is 0 Å². The third-order valence-electron chi connectivity index (χ3n) is 2.24. The Balaban J connectivity index is 3.11. The Morgan fingerprint density at radius 1 is 0.750 bits per heavy atom. The average Bonchev–Trinajstić information content (AvgIpc) is 2.38. The van der Waals surface area contributed by atoms with Crippen LogP contribution in [0.2, 0.25) is 58.9 Å². The largest absolute Gasteiger partial charge is 0.547 e. The molecule has 20 heavy (non-hydrogen) atoms. The van der Waals surface area contributed by atoms with Crippen LogP contribution in [0.3, 0.4) is 0 Å². The van der Waals surface area contributed by atoms with Crippen LogP contribution in [0.25, 0.3) is 0 Å². The molecule has 0 aromatic rings. The molecule has 116 valence electrons. The molecule has 0 aliphatic carbocycles. The number of rotatable bonds is 6. The van der Waals surface area contributed by atoms with E-state index in [1.165, 1.54) is 0 Å². The predicted molar refractivity (Wildman–Crippen MR) is 96.3 cm³/mol. The maximum Gasteiger partial charge on any atom is 0.413 e. The lowest BCUT2D eigenvalue weighted by Crippen LogP contribution is -2.55. The highest BCUT2D eigenvalue weighted by Crippen LogP contribution is 2.33. The minimum absolute atomic E-state index is 0.974. The van der Waals surface area contributed by atoms with Crippen LogP contribution in [0.4, 0.5) is 0 Å². The molecule has 0 aromatic carbocycles. The fourth-order valence-corrected chi connectivity index (χ4v) is 14.2. The van der Waals surface area contributed by atoms with E-state index >= 15 is 0 Å². The van der Waals surface area contributed by atoms with E-state index in [1.807, 2.05) is 0 Å². The SMILES string of the molecule is C[Si](C)(C)OC1=CC=C[Si]1(O[Si](C)(C)C)O[Si](C)(C)C. The molecule has 0 N–H and O–H groups in total. The molecule has 7 heteroatoms. The standard InChI is InChI=1S/C13H30O3Si4/c1-17(2,3)14-13-11-10-12-20(13,15-18(4,5)6)16-19(7,8)9/h10-12H,1-9H3. The summed E-state index contributed by atoms with van der Waals surface area (Å²) in [7, 11) is -7.61. The van der Waals surface area contributed by atoms with Gasteiger partial charge in [0, 0.05) is 0 Å². The van der Waals surface area contributed by atoms with Crippen LogP contribution >= 0.6 is 0 Å². The summed E-state index contributed by atoms with van der Waals surface area (Å²) in [5.74, 6) is 0. The van der Waals surface area contributed by atoms with Gasteiger partial charge in [-0.15, -0.1) is 0 Å². The Morgan fingerprint density at radius 2 is 1.20 bits per heavy atom. The molecule has 0 saturated carbocycles. The van der Waals surface area contributed by atoms with Crippen LogP contribution in [0.5, 0.6) is 0 Å². The molecular weight excluding hydrogens is 316 g/mol. The molecule has 0 unspecified atom stereocenters. The van der Waals surface area contributed by atoms with Crippen molar-refractivity contribution in [1.29, 1.82) is 0 Å². The predicted octanol–water partition coefficient (Wildman–Crippen LogP) is 4.52. The Labute approximate surface area is 128 Å². The zero-order chi connectivity index (χ0) is 15.8. The molecule has 3 nitrogen and oxygen atoms in total. The maximum atomic E-state index is 6.55. The van der Waals surface area contributed by atoms with Crippen LogP contribution in [-0.2, 0) is 12.7 Å². The Hall–Kier alpha value is 0.0675. The van der Waals surface area contributed by atoms with Crippen molar-refractivity contribution >= 4 is 33.5 Å². The number of hydrogen-bond donors (Lipinski definition) is 0. The molecule has 1 rings (SSSR count). The fourth-order valence-electron chi connectivity index (χ4n) is 1.99. The summed E-state index contributed by atoms with van der Waals surface area (Å²) in [4.78, 5) is 0. The minimum Gasteiger partial charge on any atom is -0.547 e. The van der Waals surface area contributed by atoms with Gasteiger partial charge >= 0.3 is 8.56 Å². The summed E-state index contributed by atoms with van der Waals surface area (Å²) in [6.07, 6.45) is 4.12. The van der Waals surface area contributed by atoms with E-state index in [0.717, 1.165) is 5.38 Å². The van der Waals surface area contributed by atoms with Crippen LogP contribution in [-0.4, -0.2) is 33.5 Å². The van der Waals surface area contributed by atoms with E-state index in [-0.39, 0.29) is 0 Å². The summed E-state index contributed by atoms with van der Waals surface area (Å²) in [5, 5.41) is 0.974. The van der Waals surface area contributed by atoms with E-state index in [1.54, 1.807) is 0 Å². The number of hydrogen-bond acceptors (Lipinski definition) is 3. The van der Waals surface area contributed by atoms with Crippen LogP contribution in [0.15, 0.2) is 23.2 Å². The third kappa shape index (κ3) is 5.82. The average molecular weight is 347 g/mol. The molecular formula is C13H30O3Si4. The van der Waals surface area contributed by atoms with Crippen molar-refractivity contribution in [2.75, 3.05) is 0 Å². The molecule has 0 spiro atoms. The quantitative estimate of drug-likeness (QED) is 0.662. The summed E-state index contributed by atoms with van der Waals surface area (Å²) in [6, 6.07) is 0. The molecule has 1 heterocycles. The van der Waals surface area contributed by atoms with Crippen molar-refractivity contribution in [3.05, 3.63) is 23.2 Å². The second kappa shape index (κ2) is 5.69. The third-order valence-corrected chi connectivity index (χ3v) is 12.2. The molecule has 0 bridgehead atoms. The van der Waals surface area contributed by atoms with Crippen LogP contribution < -0.4 is 0 Å². The smallest absolute Gasteiger partial charge is 0.413 e. The van der Waals surface area contributed by atoms with Gasteiger partial charge in [0.25, 0.3) is 0 Å². The minimum atomic E-state index is -2.53. The first-order chi connectivity index (χ1) is 8.73. The van der Waals surface area contributed by atoms with Gasteiger partial charge in [-0.05, 0) is 70.7 Å². The molecule has 1 aliphatic rings. The number of allylic oxidation sites excluding steroid dienone is 2. The molecule has 0 saturated heterocycles. The lowest BCUT2D eigenvalue weighted by Gasteiger charge is -2.39. The molecule has 0 radical (unpaired) electrons. The van der Waals surface area contributed by atoms with Crippen LogP contribution in [0, 0.1) is 0 Å². The van der Waals surface area contributed by atoms with E-state index in [2.05, 4.69) is 76.8 Å². The van der Waals surface area contributed by atoms with Gasteiger partial charge in [-0.25, -0.2) is 0 Å². The van der Waals surface area contributed by atoms with Crippen molar-refractivity contribution in [2.24, 2.45) is 0 Å². The first-order valence-electron chi connectivity index (χ1n) is 7.22. The Kier molecular flexibility index (Phi) is 5.16. The Morgan fingerprint density at radius 3 is 1.55 bits per heavy atom. The van der Waals surface area contributed by atoms with Crippen molar-refractivity contribution in [1.82, 2.24) is 0 Å². The van der Waals surface area contributed by atoms with E-state index in [4.69, 9.17) is 12.7 Å². The highest BCUT2D eigenvalue weighted by atomic mass is 28.5. The van der Waals surface area contributed by atoms with Crippen molar-refractivity contribution in [3.8, 4) is 0 Å². The molecule has 1 aliphatic heterocycles. The summed E-state index contributed by atoms with van der Waals surface area (Å²) >= 11 is 0. The monoisotopic (exact) mass is 346 g/mol. The maximum absolute atomic E-state index is 6.55. The molecule has 0 atom stereocenters. The highest BCUT2D eigenvalue weighted by Gasteiger charge is 2.50. The van der Waals surface area contributed by atoms with Crippen molar-refractivity contribution in [3.63, 3.8) is 0 Å². The first-order valence-corrected chi connectivity index (χ1v) is 19.3. The Bertz CT molecular complexity index is 395. The first kappa shape index (κ1) is 18.1. The van der Waals surface area contributed by atoms with Gasteiger partial charge in [-0.3, -0.25) is 0 Å².